The number of carboxylic acid groups (broad SMARTS) is 1. The molecule has 1 heterocycles. The maximum Gasteiger partial charge on any atom is 0.320 e. The van der Waals surface area contributed by atoms with Crippen LogP contribution in [0.5, 0.6) is 0 Å². The van der Waals surface area contributed by atoms with Gasteiger partial charge >= 0.3 is 5.97 Å². The molecular formula is C12H22N2O3. The van der Waals surface area contributed by atoms with Crippen molar-refractivity contribution in [2.24, 2.45) is 5.92 Å². The van der Waals surface area contributed by atoms with Crippen molar-refractivity contribution in [2.45, 2.75) is 45.7 Å². The van der Waals surface area contributed by atoms with Gasteiger partial charge in [0.25, 0.3) is 0 Å². The van der Waals surface area contributed by atoms with E-state index in [4.69, 9.17) is 5.11 Å². The number of carboxylic acids is 1. The van der Waals surface area contributed by atoms with E-state index in [1.54, 1.807) is 4.90 Å². The Morgan fingerprint density at radius 3 is 2.59 bits per heavy atom. The lowest BCUT2D eigenvalue weighted by Gasteiger charge is -2.23. The van der Waals surface area contributed by atoms with Gasteiger partial charge < -0.3 is 10.4 Å². The molecule has 0 aromatic rings. The van der Waals surface area contributed by atoms with Gasteiger partial charge in [-0.05, 0) is 32.2 Å². The van der Waals surface area contributed by atoms with Crippen molar-refractivity contribution in [3.8, 4) is 0 Å². The summed E-state index contributed by atoms with van der Waals surface area (Å²) in [7, 11) is 0. The number of likely N-dealkylation sites (tertiary alicyclic amines) is 1. The van der Waals surface area contributed by atoms with E-state index < -0.39 is 12.0 Å². The van der Waals surface area contributed by atoms with Crippen molar-refractivity contribution in [3.05, 3.63) is 0 Å². The second-order valence-electron chi connectivity index (χ2n) is 5.07. The zero-order chi connectivity index (χ0) is 13.0. The van der Waals surface area contributed by atoms with E-state index in [1.807, 2.05) is 20.8 Å². The minimum Gasteiger partial charge on any atom is -0.480 e. The molecule has 0 aromatic carbocycles. The van der Waals surface area contributed by atoms with Crippen molar-refractivity contribution < 1.29 is 14.7 Å². The fourth-order valence-corrected chi connectivity index (χ4v) is 1.95. The summed E-state index contributed by atoms with van der Waals surface area (Å²) in [5.41, 5.74) is 0. The summed E-state index contributed by atoms with van der Waals surface area (Å²) in [4.78, 5) is 24.4. The van der Waals surface area contributed by atoms with Gasteiger partial charge in [-0.25, -0.2) is 0 Å². The number of rotatable bonds is 5. The maximum atomic E-state index is 11.7. The van der Waals surface area contributed by atoms with Crippen LogP contribution in [0, 0.1) is 5.92 Å². The molecule has 5 heteroatoms. The quantitative estimate of drug-likeness (QED) is 0.744. The third kappa shape index (κ3) is 4.00. The SMILES string of the molecule is CC(C)[C@H](C)NC(=O)CN1CCC[C@@H]1C(=O)O. The van der Waals surface area contributed by atoms with Crippen molar-refractivity contribution in [3.63, 3.8) is 0 Å². The van der Waals surface area contributed by atoms with E-state index in [2.05, 4.69) is 5.32 Å². The molecule has 1 rings (SSSR count). The van der Waals surface area contributed by atoms with Gasteiger partial charge in [0.15, 0.2) is 0 Å². The zero-order valence-corrected chi connectivity index (χ0v) is 10.8. The van der Waals surface area contributed by atoms with Crippen LogP contribution >= 0.6 is 0 Å². The first-order valence-corrected chi connectivity index (χ1v) is 6.18. The van der Waals surface area contributed by atoms with Crippen molar-refractivity contribution in [2.75, 3.05) is 13.1 Å². The molecule has 2 atom stereocenters. The highest BCUT2D eigenvalue weighted by Gasteiger charge is 2.31. The van der Waals surface area contributed by atoms with Crippen LogP contribution < -0.4 is 5.32 Å². The zero-order valence-electron chi connectivity index (χ0n) is 10.8. The number of hydrogen-bond donors (Lipinski definition) is 2. The smallest absolute Gasteiger partial charge is 0.320 e. The van der Waals surface area contributed by atoms with Crippen molar-refractivity contribution in [1.29, 1.82) is 0 Å². The van der Waals surface area contributed by atoms with E-state index in [0.29, 0.717) is 18.9 Å². The van der Waals surface area contributed by atoms with Gasteiger partial charge in [-0.3, -0.25) is 14.5 Å². The van der Waals surface area contributed by atoms with E-state index in [9.17, 15) is 9.59 Å². The van der Waals surface area contributed by atoms with Crippen LogP contribution in [0.2, 0.25) is 0 Å². The average molecular weight is 242 g/mol. The minimum absolute atomic E-state index is 0.0839. The largest absolute Gasteiger partial charge is 0.480 e. The molecule has 2 N–H and O–H groups in total. The molecule has 0 aromatic heterocycles. The lowest BCUT2D eigenvalue weighted by molar-refractivity contribution is -0.142. The summed E-state index contributed by atoms with van der Waals surface area (Å²) in [6, 6.07) is -0.372. The lowest BCUT2D eigenvalue weighted by Crippen LogP contribution is -2.46. The first kappa shape index (κ1) is 14.0. The molecule has 0 aliphatic carbocycles. The first-order chi connectivity index (χ1) is 7.91. The molecule has 0 saturated carbocycles. The van der Waals surface area contributed by atoms with Gasteiger partial charge in [0.05, 0.1) is 6.54 Å². The normalized spacial score (nSPS) is 22.7. The third-order valence-electron chi connectivity index (χ3n) is 3.38. The molecule has 98 valence electrons. The molecule has 0 unspecified atom stereocenters. The van der Waals surface area contributed by atoms with Gasteiger partial charge in [0.2, 0.25) is 5.91 Å². The van der Waals surface area contributed by atoms with E-state index in [0.717, 1.165) is 6.42 Å². The number of carbonyl (C=O) groups excluding carboxylic acids is 1. The minimum atomic E-state index is -0.827. The topological polar surface area (TPSA) is 69.6 Å². The van der Waals surface area contributed by atoms with E-state index >= 15 is 0 Å². The van der Waals surface area contributed by atoms with Crippen LogP contribution in [-0.4, -0.2) is 47.1 Å². The Kier molecular flexibility index (Phi) is 4.93. The van der Waals surface area contributed by atoms with Gasteiger partial charge in [-0.1, -0.05) is 13.8 Å². The Hall–Kier alpha value is -1.10. The molecule has 1 aliphatic rings. The van der Waals surface area contributed by atoms with Gasteiger partial charge in [0, 0.05) is 6.04 Å². The second-order valence-corrected chi connectivity index (χ2v) is 5.07. The fourth-order valence-electron chi connectivity index (χ4n) is 1.95. The summed E-state index contributed by atoms with van der Waals surface area (Å²) >= 11 is 0. The molecule has 1 amide bonds. The van der Waals surface area contributed by atoms with E-state index in [1.165, 1.54) is 0 Å². The van der Waals surface area contributed by atoms with Crippen molar-refractivity contribution in [1.82, 2.24) is 10.2 Å². The molecule has 1 fully saturated rings. The number of nitrogens with zero attached hydrogens (tertiary/aromatic N) is 1. The standard InChI is InChI=1S/C12H22N2O3/c1-8(2)9(3)13-11(15)7-14-6-4-5-10(14)12(16)17/h8-10H,4-7H2,1-3H3,(H,13,15)(H,16,17)/t9-,10+/m0/s1. The first-order valence-electron chi connectivity index (χ1n) is 6.18. The second kappa shape index (κ2) is 6.00. The van der Waals surface area contributed by atoms with Crippen molar-refractivity contribution >= 4 is 11.9 Å². The highest BCUT2D eigenvalue weighted by Crippen LogP contribution is 2.16. The van der Waals surface area contributed by atoms with Gasteiger partial charge in [0.1, 0.15) is 6.04 Å². The lowest BCUT2D eigenvalue weighted by atomic mass is 10.1. The maximum absolute atomic E-state index is 11.7. The number of nitrogens with one attached hydrogen (secondary N) is 1. The number of aliphatic carboxylic acids is 1. The fraction of sp³-hybridized carbons (Fsp3) is 0.833. The van der Waals surface area contributed by atoms with Crippen LogP contribution in [0.4, 0.5) is 0 Å². The Morgan fingerprint density at radius 2 is 2.06 bits per heavy atom. The Labute approximate surface area is 102 Å². The molecule has 0 spiro atoms. The molecule has 0 radical (unpaired) electrons. The predicted octanol–water partition coefficient (Wildman–Crippen LogP) is 0.696. The highest BCUT2D eigenvalue weighted by atomic mass is 16.4. The summed E-state index contributed by atoms with van der Waals surface area (Å²) in [5.74, 6) is -0.528. The highest BCUT2D eigenvalue weighted by molar-refractivity contribution is 5.80. The number of carbonyl (C=O) groups is 2. The van der Waals surface area contributed by atoms with Crippen LogP contribution in [0.3, 0.4) is 0 Å². The molecule has 1 aliphatic heterocycles. The van der Waals surface area contributed by atoms with Gasteiger partial charge in [-0.15, -0.1) is 0 Å². The van der Waals surface area contributed by atoms with Crippen LogP contribution in [0.25, 0.3) is 0 Å². The van der Waals surface area contributed by atoms with Crippen LogP contribution in [0.1, 0.15) is 33.6 Å². The third-order valence-corrected chi connectivity index (χ3v) is 3.38. The predicted molar refractivity (Wildman–Crippen MR) is 64.7 cm³/mol. The monoisotopic (exact) mass is 242 g/mol. The molecule has 0 bridgehead atoms. The molecule has 17 heavy (non-hydrogen) atoms. The number of hydrogen-bond acceptors (Lipinski definition) is 3. The summed E-state index contributed by atoms with van der Waals surface area (Å²) < 4.78 is 0. The van der Waals surface area contributed by atoms with Gasteiger partial charge in [-0.2, -0.15) is 0 Å². The summed E-state index contributed by atoms with van der Waals surface area (Å²) in [6.07, 6.45) is 1.49. The Balaban J connectivity index is 2.43. The summed E-state index contributed by atoms with van der Waals surface area (Å²) in [5, 5.41) is 11.9. The molecular weight excluding hydrogens is 220 g/mol. The molecule has 1 saturated heterocycles. The number of amides is 1. The Morgan fingerprint density at radius 1 is 1.41 bits per heavy atom. The molecule has 5 nitrogen and oxygen atoms in total. The van der Waals surface area contributed by atoms with Crippen LogP contribution in [0.15, 0.2) is 0 Å². The Bertz CT molecular complexity index is 291. The van der Waals surface area contributed by atoms with Crippen LogP contribution in [-0.2, 0) is 9.59 Å². The van der Waals surface area contributed by atoms with E-state index in [-0.39, 0.29) is 18.5 Å². The average Bonchev–Trinajstić information content (AvgIpc) is 2.65. The summed E-state index contributed by atoms with van der Waals surface area (Å²) in [6.45, 7) is 6.93.